The lowest BCUT2D eigenvalue weighted by Crippen LogP contribution is -2.51. The monoisotopic (exact) mass is 551 g/mol. The molecule has 4 rings (SSSR count). The van der Waals surface area contributed by atoms with E-state index in [1.54, 1.807) is 37.3 Å². The molecule has 2 fully saturated rings. The Balaban J connectivity index is 0.000000356. The van der Waals surface area contributed by atoms with Gasteiger partial charge in [-0.1, -0.05) is 50.0 Å². The number of benzene rings is 2. The Morgan fingerprint density at radius 1 is 1.19 bits per heavy atom. The van der Waals surface area contributed by atoms with Gasteiger partial charge in [-0.3, -0.25) is 9.59 Å². The summed E-state index contributed by atoms with van der Waals surface area (Å²) >= 11 is 12.1. The molecule has 2 aliphatic rings. The second kappa shape index (κ2) is 12.1. The van der Waals surface area contributed by atoms with Crippen LogP contribution in [0.5, 0.6) is 0 Å². The zero-order valence-electron chi connectivity index (χ0n) is 21.7. The first-order valence-corrected chi connectivity index (χ1v) is 13.2. The highest BCUT2D eigenvalue weighted by Gasteiger charge is 2.44. The maximum Gasteiger partial charge on any atom is 0.229 e. The maximum atomic E-state index is 14.6. The Morgan fingerprint density at radius 3 is 2.46 bits per heavy atom. The zero-order valence-corrected chi connectivity index (χ0v) is 23.2. The molecule has 9 heteroatoms. The van der Waals surface area contributed by atoms with Crippen molar-refractivity contribution in [3.8, 4) is 0 Å². The Morgan fingerprint density at radius 2 is 1.86 bits per heavy atom. The summed E-state index contributed by atoms with van der Waals surface area (Å²) in [4.78, 5) is 23.1. The number of hydrogen-bond donors (Lipinski definition) is 4. The summed E-state index contributed by atoms with van der Waals surface area (Å²) in [6, 6.07) is 11.7. The van der Waals surface area contributed by atoms with Crippen LogP contribution in [0, 0.1) is 17.2 Å². The van der Waals surface area contributed by atoms with Gasteiger partial charge in [-0.2, -0.15) is 0 Å². The molecule has 3 unspecified atom stereocenters. The molecule has 0 bridgehead atoms. The van der Waals surface area contributed by atoms with E-state index in [0.29, 0.717) is 47.1 Å². The second-order valence-electron chi connectivity index (χ2n) is 11.5. The third-order valence-electron chi connectivity index (χ3n) is 6.73. The average Bonchev–Trinajstić information content (AvgIpc) is 3.16. The Hall–Kier alpha value is -2.19. The third kappa shape index (κ3) is 8.40. The molecule has 1 aliphatic carbocycles. The standard InChI is InChI=1S/C22H25Cl2FN2O.C6H11NO2/c1-22(2,3)11-19-20(21(28)27-15-6-4-5-13(23)9-15)17(12-26-19)16-10-14(24)7-8-18(16)25;1-6(9)2-5(3-6)7-4-8/h4-10,17,19-20,26H,11-12H2,1-3H3,(H,27,28);4-5,9H,2-3H2,1H3,(H,7,8). The van der Waals surface area contributed by atoms with Crippen molar-refractivity contribution in [1.29, 1.82) is 0 Å². The molecule has 4 N–H and O–H groups in total. The number of amides is 2. The molecule has 202 valence electrons. The van der Waals surface area contributed by atoms with E-state index in [1.165, 1.54) is 12.1 Å². The zero-order chi connectivity index (χ0) is 27.4. The molecule has 1 heterocycles. The molecule has 1 aliphatic heterocycles. The van der Waals surface area contributed by atoms with Gasteiger partial charge in [-0.25, -0.2) is 4.39 Å². The summed E-state index contributed by atoms with van der Waals surface area (Å²) in [5.74, 6) is -1.21. The number of anilines is 1. The van der Waals surface area contributed by atoms with Gasteiger partial charge in [0.2, 0.25) is 12.3 Å². The van der Waals surface area contributed by atoms with Crippen LogP contribution in [-0.4, -0.2) is 41.7 Å². The van der Waals surface area contributed by atoms with Crippen molar-refractivity contribution in [3.63, 3.8) is 0 Å². The minimum Gasteiger partial charge on any atom is -0.390 e. The quantitative estimate of drug-likeness (QED) is 0.355. The van der Waals surface area contributed by atoms with Gasteiger partial charge in [0.15, 0.2) is 0 Å². The summed E-state index contributed by atoms with van der Waals surface area (Å²) in [5, 5.41) is 19.2. The van der Waals surface area contributed by atoms with Gasteiger partial charge in [0.25, 0.3) is 0 Å². The number of carbonyl (C=O) groups is 2. The fraction of sp³-hybridized carbons (Fsp3) is 0.500. The van der Waals surface area contributed by atoms with Crippen molar-refractivity contribution in [2.75, 3.05) is 11.9 Å². The van der Waals surface area contributed by atoms with E-state index in [0.717, 1.165) is 6.42 Å². The van der Waals surface area contributed by atoms with Crippen LogP contribution in [0.1, 0.15) is 58.4 Å². The molecular formula is C28H36Cl2FN3O3. The van der Waals surface area contributed by atoms with Gasteiger partial charge < -0.3 is 21.1 Å². The van der Waals surface area contributed by atoms with E-state index in [2.05, 4.69) is 36.7 Å². The van der Waals surface area contributed by atoms with Crippen molar-refractivity contribution in [3.05, 3.63) is 63.9 Å². The Kier molecular flexibility index (Phi) is 9.62. The van der Waals surface area contributed by atoms with Gasteiger partial charge >= 0.3 is 0 Å². The summed E-state index contributed by atoms with van der Waals surface area (Å²) in [7, 11) is 0. The lowest BCUT2D eigenvalue weighted by Gasteiger charge is -2.40. The SMILES string of the molecule is CC(C)(C)CC1NCC(c2cc(Cl)ccc2F)C1C(=O)Nc1cccc(Cl)c1.CC1(O)CC(NC=O)C1. The number of carbonyl (C=O) groups excluding carboxylic acids is 2. The van der Waals surface area contributed by atoms with Gasteiger partial charge in [0, 0.05) is 40.3 Å². The van der Waals surface area contributed by atoms with Crippen molar-refractivity contribution in [2.24, 2.45) is 11.3 Å². The summed E-state index contributed by atoms with van der Waals surface area (Å²) in [6.45, 7) is 8.69. The number of aliphatic hydroxyl groups is 1. The van der Waals surface area contributed by atoms with E-state index < -0.39 is 11.5 Å². The van der Waals surface area contributed by atoms with E-state index in [-0.39, 0.29) is 35.1 Å². The highest BCUT2D eigenvalue weighted by Crippen LogP contribution is 2.39. The summed E-state index contributed by atoms with van der Waals surface area (Å²) in [5.41, 5.74) is 0.598. The topological polar surface area (TPSA) is 90.5 Å². The highest BCUT2D eigenvalue weighted by molar-refractivity contribution is 6.31. The largest absolute Gasteiger partial charge is 0.390 e. The first kappa shape index (κ1) is 29.4. The minimum atomic E-state index is -0.527. The van der Waals surface area contributed by atoms with E-state index in [1.807, 2.05) is 0 Å². The number of rotatable bonds is 6. The maximum absolute atomic E-state index is 14.6. The summed E-state index contributed by atoms with van der Waals surface area (Å²) < 4.78 is 14.6. The molecule has 37 heavy (non-hydrogen) atoms. The predicted molar refractivity (Wildman–Crippen MR) is 146 cm³/mol. The minimum absolute atomic E-state index is 0.0218. The average molecular weight is 553 g/mol. The molecule has 3 atom stereocenters. The summed E-state index contributed by atoms with van der Waals surface area (Å²) in [6.07, 6.45) is 2.84. The third-order valence-corrected chi connectivity index (χ3v) is 7.20. The molecule has 0 radical (unpaired) electrons. The smallest absolute Gasteiger partial charge is 0.229 e. The van der Waals surface area contributed by atoms with Gasteiger partial charge in [0.1, 0.15) is 5.82 Å². The molecule has 1 saturated carbocycles. The lowest BCUT2D eigenvalue weighted by atomic mass is 9.77. The van der Waals surface area contributed by atoms with Crippen LogP contribution in [-0.2, 0) is 9.59 Å². The Bertz CT molecular complexity index is 1100. The van der Waals surface area contributed by atoms with Crippen LogP contribution >= 0.6 is 23.2 Å². The number of halogens is 3. The van der Waals surface area contributed by atoms with Crippen LogP contribution in [0.3, 0.4) is 0 Å². The number of hydrogen-bond acceptors (Lipinski definition) is 4. The van der Waals surface area contributed by atoms with Crippen LogP contribution in [0.4, 0.5) is 10.1 Å². The van der Waals surface area contributed by atoms with Crippen LogP contribution in [0.15, 0.2) is 42.5 Å². The fourth-order valence-corrected chi connectivity index (χ4v) is 5.52. The Labute approximate surface area is 228 Å². The highest BCUT2D eigenvalue weighted by atomic mass is 35.5. The first-order chi connectivity index (χ1) is 17.3. The van der Waals surface area contributed by atoms with E-state index in [4.69, 9.17) is 28.3 Å². The van der Waals surface area contributed by atoms with E-state index in [9.17, 15) is 14.0 Å². The second-order valence-corrected chi connectivity index (χ2v) is 12.3. The van der Waals surface area contributed by atoms with Gasteiger partial charge in [-0.15, -0.1) is 0 Å². The van der Waals surface area contributed by atoms with E-state index >= 15 is 0 Å². The lowest BCUT2D eigenvalue weighted by molar-refractivity contribution is -0.120. The molecule has 2 aromatic carbocycles. The first-order valence-electron chi connectivity index (χ1n) is 12.4. The van der Waals surface area contributed by atoms with Crippen molar-refractivity contribution >= 4 is 41.2 Å². The van der Waals surface area contributed by atoms with Crippen LogP contribution < -0.4 is 16.0 Å². The molecule has 2 amide bonds. The van der Waals surface area contributed by atoms with Gasteiger partial charge in [-0.05, 0) is 73.6 Å². The molecule has 6 nitrogen and oxygen atoms in total. The normalized spacial score (nSPS) is 26.9. The predicted octanol–water partition coefficient (Wildman–Crippen LogP) is 5.52. The van der Waals surface area contributed by atoms with Crippen LogP contribution in [0.2, 0.25) is 10.0 Å². The molecule has 0 spiro atoms. The molecule has 2 aromatic rings. The molecular weight excluding hydrogens is 516 g/mol. The molecule has 0 aromatic heterocycles. The van der Waals surface area contributed by atoms with Gasteiger partial charge in [0.05, 0.1) is 11.5 Å². The van der Waals surface area contributed by atoms with Crippen molar-refractivity contribution in [1.82, 2.24) is 10.6 Å². The number of nitrogens with one attached hydrogen (secondary N) is 3. The molecule has 1 saturated heterocycles. The fourth-order valence-electron chi connectivity index (χ4n) is 5.15. The van der Waals surface area contributed by atoms with Crippen molar-refractivity contribution in [2.45, 2.75) is 70.6 Å². The van der Waals surface area contributed by atoms with Crippen molar-refractivity contribution < 1.29 is 19.1 Å². The van der Waals surface area contributed by atoms with Crippen LogP contribution in [0.25, 0.3) is 0 Å².